The van der Waals surface area contributed by atoms with Gasteiger partial charge < -0.3 is 15.2 Å². The average Bonchev–Trinajstić information content (AvgIpc) is 2.41. The lowest BCUT2D eigenvalue weighted by Gasteiger charge is -2.08. The van der Waals surface area contributed by atoms with Gasteiger partial charge in [0.2, 0.25) is 0 Å². The van der Waals surface area contributed by atoms with Gasteiger partial charge in [0.1, 0.15) is 5.75 Å². The fourth-order valence-electron chi connectivity index (χ4n) is 1.69. The van der Waals surface area contributed by atoms with Gasteiger partial charge in [-0.15, -0.1) is 0 Å². The van der Waals surface area contributed by atoms with E-state index in [0.29, 0.717) is 6.61 Å². The van der Waals surface area contributed by atoms with Crippen molar-refractivity contribution in [2.24, 2.45) is 5.73 Å². The highest BCUT2D eigenvalue weighted by atomic mass is 35.5. The molecule has 1 aromatic rings. The van der Waals surface area contributed by atoms with Crippen molar-refractivity contribution in [1.82, 2.24) is 0 Å². The Hall–Kier alpha value is -0.770. The third kappa shape index (κ3) is 7.41. The van der Waals surface area contributed by atoms with Gasteiger partial charge in [0.05, 0.1) is 6.61 Å². The minimum absolute atomic E-state index is 0.671. The van der Waals surface area contributed by atoms with E-state index in [0.717, 1.165) is 61.8 Å². The van der Waals surface area contributed by atoms with Crippen molar-refractivity contribution in [3.05, 3.63) is 28.8 Å². The summed E-state index contributed by atoms with van der Waals surface area (Å²) in [6.07, 6.45) is 4.23. The van der Waals surface area contributed by atoms with Gasteiger partial charge in [-0.3, -0.25) is 0 Å². The van der Waals surface area contributed by atoms with E-state index in [2.05, 4.69) is 0 Å². The van der Waals surface area contributed by atoms with Crippen molar-refractivity contribution in [2.45, 2.75) is 32.6 Å². The molecule has 4 heteroatoms. The molecule has 0 saturated carbocycles. The van der Waals surface area contributed by atoms with E-state index in [9.17, 15) is 0 Å². The minimum Gasteiger partial charge on any atom is -0.493 e. The molecule has 0 spiro atoms. The normalized spacial score (nSPS) is 10.7. The van der Waals surface area contributed by atoms with E-state index < -0.39 is 0 Å². The zero-order chi connectivity index (χ0) is 13.9. The third-order valence-electron chi connectivity index (χ3n) is 2.82. The first-order valence-corrected chi connectivity index (χ1v) is 7.28. The molecule has 0 heterocycles. The molecule has 19 heavy (non-hydrogen) atoms. The van der Waals surface area contributed by atoms with Crippen LogP contribution in [0.25, 0.3) is 0 Å². The van der Waals surface area contributed by atoms with Crippen molar-refractivity contribution in [3.63, 3.8) is 0 Å². The highest BCUT2D eigenvalue weighted by Crippen LogP contribution is 2.20. The molecule has 2 N–H and O–H groups in total. The third-order valence-corrected chi connectivity index (χ3v) is 3.25. The number of aryl methyl sites for hydroxylation is 1. The molecule has 0 atom stereocenters. The minimum atomic E-state index is 0.671. The zero-order valence-corrected chi connectivity index (χ0v) is 12.4. The van der Waals surface area contributed by atoms with E-state index >= 15 is 0 Å². The second-order valence-electron chi connectivity index (χ2n) is 4.57. The Morgan fingerprint density at radius 1 is 1.05 bits per heavy atom. The number of unbranched alkanes of at least 4 members (excludes halogenated alkanes) is 2. The van der Waals surface area contributed by atoms with Crippen LogP contribution in [0, 0.1) is 6.92 Å². The molecule has 108 valence electrons. The Morgan fingerprint density at radius 3 is 2.58 bits per heavy atom. The highest BCUT2D eigenvalue weighted by molar-refractivity contribution is 6.31. The lowest BCUT2D eigenvalue weighted by Crippen LogP contribution is -2.05. The molecule has 0 bridgehead atoms. The van der Waals surface area contributed by atoms with Crippen LogP contribution in [0.4, 0.5) is 0 Å². The van der Waals surface area contributed by atoms with E-state index in [-0.39, 0.29) is 0 Å². The predicted octanol–water partition coefficient (Wildman–Crippen LogP) is 3.56. The molecule has 0 aliphatic heterocycles. The molecule has 0 aliphatic rings. The largest absolute Gasteiger partial charge is 0.493 e. The van der Waals surface area contributed by atoms with Crippen molar-refractivity contribution in [2.75, 3.05) is 26.4 Å². The maximum Gasteiger partial charge on any atom is 0.119 e. The second-order valence-corrected chi connectivity index (χ2v) is 4.98. The molecule has 0 aliphatic carbocycles. The van der Waals surface area contributed by atoms with Crippen LogP contribution in [0.1, 0.15) is 31.2 Å². The Labute approximate surface area is 121 Å². The lowest BCUT2D eigenvalue weighted by atomic mass is 10.2. The van der Waals surface area contributed by atoms with Crippen LogP contribution < -0.4 is 10.5 Å². The van der Waals surface area contributed by atoms with Crippen molar-refractivity contribution in [3.8, 4) is 5.75 Å². The van der Waals surface area contributed by atoms with Gasteiger partial charge in [-0.25, -0.2) is 0 Å². The predicted molar refractivity (Wildman–Crippen MR) is 80.0 cm³/mol. The SMILES string of the molecule is Cc1cc(OCCCOCCCCCN)ccc1Cl. The molecular formula is C15H24ClNO2. The second kappa shape index (κ2) is 10.1. The Balaban J connectivity index is 2.00. The van der Waals surface area contributed by atoms with Crippen LogP contribution in [0.3, 0.4) is 0 Å². The molecule has 0 amide bonds. The van der Waals surface area contributed by atoms with Crippen LogP contribution in [0.15, 0.2) is 18.2 Å². The molecule has 1 aromatic carbocycles. The summed E-state index contributed by atoms with van der Waals surface area (Å²) in [5, 5.41) is 0.771. The Morgan fingerprint density at radius 2 is 1.84 bits per heavy atom. The molecular weight excluding hydrogens is 262 g/mol. The summed E-state index contributed by atoms with van der Waals surface area (Å²) in [5.74, 6) is 0.866. The van der Waals surface area contributed by atoms with E-state index in [1.165, 1.54) is 0 Å². The van der Waals surface area contributed by atoms with Crippen LogP contribution >= 0.6 is 11.6 Å². The molecule has 0 unspecified atom stereocenters. The first kappa shape index (κ1) is 16.3. The van der Waals surface area contributed by atoms with Crippen LogP contribution in [0.2, 0.25) is 5.02 Å². The first-order chi connectivity index (χ1) is 9.24. The average molecular weight is 286 g/mol. The fraction of sp³-hybridized carbons (Fsp3) is 0.600. The lowest BCUT2D eigenvalue weighted by molar-refractivity contribution is 0.116. The number of nitrogens with two attached hydrogens (primary N) is 1. The van der Waals surface area contributed by atoms with Gasteiger partial charge in [0.25, 0.3) is 0 Å². The van der Waals surface area contributed by atoms with E-state index in [1.807, 2.05) is 25.1 Å². The van der Waals surface area contributed by atoms with E-state index in [1.54, 1.807) is 0 Å². The van der Waals surface area contributed by atoms with Crippen LogP contribution in [-0.4, -0.2) is 26.4 Å². The number of halogens is 1. The van der Waals surface area contributed by atoms with Gasteiger partial charge in [-0.2, -0.15) is 0 Å². The monoisotopic (exact) mass is 285 g/mol. The summed E-state index contributed by atoms with van der Waals surface area (Å²) in [5.41, 5.74) is 6.46. The van der Waals surface area contributed by atoms with Crippen LogP contribution in [-0.2, 0) is 4.74 Å². The van der Waals surface area contributed by atoms with Gasteiger partial charge in [-0.05, 0) is 56.5 Å². The smallest absolute Gasteiger partial charge is 0.119 e. The van der Waals surface area contributed by atoms with Gasteiger partial charge in [0.15, 0.2) is 0 Å². The maximum atomic E-state index is 5.95. The fourth-order valence-corrected chi connectivity index (χ4v) is 1.80. The molecule has 0 aromatic heterocycles. The summed E-state index contributed by atoms with van der Waals surface area (Å²) in [6, 6.07) is 5.71. The standard InChI is InChI=1S/C15H24ClNO2/c1-13-12-14(6-7-15(13)16)19-11-5-10-18-9-4-2-3-8-17/h6-7,12H,2-5,8-11,17H2,1H3. The number of ether oxygens (including phenoxy) is 2. The van der Waals surface area contributed by atoms with Gasteiger partial charge >= 0.3 is 0 Å². The Bertz CT molecular complexity index is 358. The zero-order valence-electron chi connectivity index (χ0n) is 11.7. The molecule has 0 radical (unpaired) electrons. The topological polar surface area (TPSA) is 44.5 Å². The number of benzene rings is 1. The summed E-state index contributed by atoms with van der Waals surface area (Å²) in [7, 11) is 0. The van der Waals surface area contributed by atoms with Crippen LogP contribution in [0.5, 0.6) is 5.75 Å². The quantitative estimate of drug-likeness (QED) is 0.669. The van der Waals surface area contributed by atoms with Crippen molar-refractivity contribution < 1.29 is 9.47 Å². The maximum absolute atomic E-state index is 5.95. The van der Waals surface area contributed by atoms with Gasteiger partial charge in [-0.1, -0.05) is 11.6 Å². The highest BCUT2D eigenvalue weighted by Gasteiger charge is 1.98. The summed E-state index contributed by atoms with van der Waals surface area (Å²) >= 11 is 5.95. The number of hydrogen-bond donors (Lipinski definition) is 1. The molecule has 0 saturated heterocycles. The summed E-state index contributed by atoms with van der Waals surface area (Å²) in [6.45, 7) is 4.98. The molecule has 0 fully saturated rings. The summed E-state index contributed by atoms with van der Waals surface area (Å²) < 4.78 is 11.2. The number of rotatable bonds is 10. The summed E-state index contributed by atoms with van der Waals surface area (Å²) in [4.78, 5) is 0. The molecule has 1 rings (SSSR count). The van der Waals surface area contributed by atoms with Crippen molar-refractivity contribution >= 4 is 11.6 Å². The first-order valence-electron chi connectivity index (χ1n) is 6.91. The molecule has 3 nitrogen and oxygen atoms in total. The number of hydrogen-bond acceptors (Lipinski definition) is 3. The van der Waals surface area contributed by atoms with Gasteiger partial charge in [0, 0.05) is 24.7 Å². The Kier molecular flexibility index (Phi) is 8.63. The van der Waals surface area contributed by atoms with Crippen molar-refractivity contribution in [1.29, 1.82) is 0 Å². The van der Waals surface area contributed by atoms with E-state index in [4.69, 9.17) is 26.8 Å².